The molecule has 1 N–H and O–H groups in total. The van der Waals surface area contributed by atoms with Crippen LogP contribution in [0.4, 0.5) is 0 Å². The van der Waals surface area contributed by atoms with Crippen molar-refractivity contribution in [1.29, 1.82) is 0 Å². The number of benzene rings is 2. The number of halogens is 1. The van der Waals surface area contributed by atoms with E-state index in [9.17, 15) is 4.79 Å². The topological polar surface area (TPSA) is 64.7 Å². The lowest BCUT2D eigenvalue weighted by Crippen LogP contribution is -2.21. The van der Waals surface area contributed by atoms with E-state index in [1.165, 1.54) is 0 Å². The first-order valence-electron chi connectivity index (χ1n) is 10.8. The van der Waals surface area contributed by atoms with Gasteiger partial charge in [-0.15, -0.1) is 0 Å². The molecule has 0 saturated carbocycles. The van der Waals surface area contributed by atoms with Crippen molar-refractivity contribution in [1.82, 2.24) is 24.6 Å². The van der Waals surface area contributed by atoms with Crippen molar-refractivity contribution in [2.45, 2.75) is 33.5 Å². The first-order valence-corrected chi connectivity index (χ1v) is 11.1. The number of aryl methyl sites for hydroxylation is 1. The Balaban J connectivity index is 1.41. The Morgan fingerprint density at radius 2 is 1.76 bits per heavy atom. The van der Waals surface area contributed by atoms with Gasteiger partial charge in [-0.1, -0.05) is 54.1 Å². The largest absolute Gasteiger partial charge is 0.348 e. The second-order valence-electron chi connectivity index (χ2n) is 7.89. The van der Waals surface area contributed by atoms with Crippen molar-refractivity contribution >= 4 is 23.6 Å². The summed E-state index contributed by atoms with van der Waals surface area (Å²) in [6.07, 6.45) is 8.86. The molecule has 2 heterocycles. The Kier molecular flexibility index (Phi) is 7.05. The zero-order valence-corrected chi connectivity index (χ0v) is 19.5. The van der Waals surface area contributed by atoms with Gasteiger partial charge in [-0.05, 0) is 42.7 Å². The predicted octanol–water partition coefficient (Wildman–Crippen LogP) is 4.78. The molecule has 0 aliphatic heterocycles. The molecule has 7 heteroatoms. The number of carbonyl (C=O) groups excluding carboxylic acids is 1. The Morgan fingerprint density at radius 3 is 2.48 bits per heavy atom. The van der Waals surface area contributed by atoms with Crippen LogP contribution in [0.15, 0.2) is 73.3 Å². The number of amides is 1. The van der Waals surface area contributed by atoms with Crippen LogP contribution < -0.4 is 5.32 Å². The number of nitrogens with one attached hydrogen (secondary N) is 1. The number of aromatic nitrogens is 4. The first-order chi connectivity index (χ1) is 16.0. The summed E-state index contributed by atoms with van der Waals surface area (Å²) in [5.41, 5.74) is 6.03. The Labute approximate surface area is 198 Å². The molecule has 0 saturated heterocycles. The molecule has 2 aromatic carbocycles. The number of hydrogen-bond donors (Lipinski definition) is 1. The van der Waals surface area contributed by atoms with Crippen LogP contribution >= 0.6 is 11.6 Å². The molecule has 0 radical (unpaired) electrons. The minimum atomic E-state index is -0.148. The monoisotopic (exact) mass is 459 g/mol. The molecular weight excluding hydrogens is 434 g/mol. The van der Waals surface area contributed by atoms with E-state index in [4.69, 9.17) is 11.6 Å². The maximum absolute atomic E-state index is 12.5. The summed E-state index contributed by atoms with van der Waals surface area (Å²) in [5, 5.41) is 8.34. The van der Waals surface area contributed by atoms with Gasteiger partial charge in [-0.3, -0.25) is 9.48 Å². The highest BCUT2D eigenvalue weighted by molar-refractivity contribution is 6.31. The summed E-state index contributed by atoms with van der Waals surface area (Å²) in [4.78, 5) is 16.6. The summed E-state index contributed by atoms with van der Waals surface area (Å²) in [5.74, 6) is -0.148. The number of carbonyl (C=O) groups is 1. The fourth-order valence-electron chi connectivity index (χ4n) is 3.76. The van der Waals surface area contributed by atoms with Gasteiger partial charge in [-0.2, -0.15) is 5.10 Å². The van der Waals surface area contributed by atoms with Gasteiger partial charge < -0.3 is 9.88 Å². The van der Waals surface area contributed by atoms with Gasteiger partial charge in [0.1, 0.15) is 0 Å². The maximum Gasteiger partial charge on any atom is 0.244 e. The van der Waals surface area contributed by atoms with E-state index in [2.05, 4.69) is 21.5 Å². The molecule has 2 aromatic heterocycles. The molecule has 0 spiro atoms. The van der Waals surface area contributed by atoms with Crippen LogP contribution in [0.2, 0.25) is 5.02 Å². The molecule has 0 aliphatic rings. The summed E-state index contributed by atoms with van der Waals surface area (Å²) in [6.45, 7) is 5.70. The van der Waals surface area contributed by atoms with Gasteiger partial charge in [-0.25, -0.2) is 4.98 Å². The molecule has 0 aliphatic carbocycles. The van der Waals surface area contributed by atoms with Gasteiger partial charge in [0.25, 0.3) is 0 Å². The Hall–Kier alpha value is -3.64. The van der Waals surface area contributed by atoms with Crippen molar-refractivity contribution in [2.24, 2.45) is 0 Å². The first kappa shape index (κ1) is 22.6. The van der Waals surface area contributed by atoms with Crippen molar-refractivity contribution < 1.29 is 4.79 Å². The number of nitrogens with zero attached hydrogens (tertiary/aromatic N) is 4. The predicted molar refractivity (Wildman–Crippen MR) is 131 cm³/mol. The highest BCUT2D eigenvalue weighted by Gasteiger charge is 2.11. The molecule has 0 unspecified atom stereocenters. The molecule has 0 atom stereocenters. The van der Waals surface area contributed by atoms with Crippen molar-refractivity contribution in [3.63, 3.8) is 0 Å². The van der Waals surface area contributed by atoms with Crippen LogP contribution in [0.25, 0.3) is 6.08 Å². The third-order valence-corrected chi connectivity index (χ3v) is 5.97. The molecule has 0 fully saturated rings. The third kappa shape index (κ3) is 5.59. The highest BCUT2D eigenvalue weighted by atomic mass is 35.5. The van der Waals surface area contributed by atoms with Crippen molar-refractivity contribution in [2.75, 3.05) is 0 Å². The van der Waals surface area contributed by atoms with Crippen LogP contribution in [0.1, 0.15) is 33.6 Å². The summed E-state index contributed by atoms with van der Waals surface area (Å²) in [7, 11) is 0. The highest BCUT2D eigenvalue weighted by Crippen LogP contribution is 2.20. The smallest absolute Gasteiger partial charge is 0.244 e. The SMILES string of the molecule is Cc1nn(Cc2ccccc2Cl)c(C)c1/C=C/C(=O)NCc1ccccc1Cn1ccnc1. The minimum absolute atomic E-state index is 0.148. The molecule has 0 bridgehead atoms. The van der Waals surface area contributed by atoms with Gasteiger partial charge in [0.2, 0.25) is 5.91 Å². The zero-order valence-electron chi connectivity index (χ0n) is 18.7. The lowest BCUT2D eigenvalue weighted by Gasteiger charge is -2.10. The van der Waals surface area contributed by atoms with Gasteiger partial charge in [0.05, 0.1) is 18.6 Å². The van der Waals surface area contributed by atoms with E-state index in [1.807, 2.05) is 77.8 Å². The van der Waals surface area contributed by atoms with Crippen LogP contribution in [-0.2, 0) is 24.4 Å². The third-order valence-electron chi connectivity index (χ3n) is 5.60. The van der Waals surface area contributed by atoms with Crippen LogP contribution in [0, 0.1) is 13.8 Å². The molecule has 33 heavy (non-hydrogen) atoms. The van der Waals surface area contributed by atoms with Crippen molar-refractivity contribution in [3.8, 4) is 0 Å². The number of imidazole rings is 1. The second-order valence-corrected chi connectivity index (χ2v) is 8.30. The number of rotatable bonds is 8. The number of hydrogen-bond acceptors (Lipinski definition) is 3. The molecular formula is C26H26ClN5O. The Bertz CT molecular complexity index is 1270. The molecule has 6 nitrogen and oxygen atoms in total. The van der Waals surface area contributed by atoms with E-state index in [1.54, 1.807) is 18.6 Å². The average Bonchev–Trinajstić information content (AvgIpc) is 3.41. The normalized spacial score (nSPS) is 11.2. The molecule has 4 aromatic rings. The van der Waals surface area contributed by atoms with Gasteiger partial charge >= 0.3 is 0 Å². The lowest BCUT2D eigenvalue weighted by atomic mass is 10.1. The van der Waals surface area contributed by atoms with E-state index < -0.39 is 0 Å². The van der Waals surface area contributed by atoms with Gasteiger partial charge in [0.15, 0.2) is 0 Å². The quantitative estimate of drug-likeness (QED) is 0.386. The van der Waals surface area contributed by atoms with Crippen molar-refractivity contribution in [3.05, 3.63) is 112 Å². The molecule has 1 amide bonds. The van der Waals surface area contributed by atoms with E-state index in [0.29, 0.717) is 19.6 Å². The summed E-state index contributed by atoms with van der Waals surface area (Å²) < 4.78 is 3.92. The standard InChI is InChI=1S/C26H26ClN5O/c1-19-24(20(2)32(30-19)17-23-9-5-6-10-25(23)27)11-12-26(33)29-15-21-7-3-4-8-22(21)16-31-14-13-28-18-31/h3-14,18H,15-17H2,1-2H3,(H,29,33)/b12-11+. The fraction of sp³-hybridized carbons (Fsp3) is 0.192. The fourth-order valence-corrected chi connectivity index (χ4v) is 3.95. The maximum atomic E-state index is 12.5. The van der Waals surface area contributed by atoms with Crippen LogP contribution in [0.5, 0.6) is 0 Å². The van der Waals surface area contributed by atoms with Crippen LogP contribution in [0.3, 0.4) is 0 Å². The molecule has 4 rings (SSSR count). The average molecular weight is 460 g/mol. The van der Waals surface area contributed by atoms with Crippen LogP contribution in [-0.4, -0.2) is 25.2 Å². The Morgan fingerprint density at radius 1 is 1.03 bits per heavy atom. The second kappa shape index (κ2) is 10.3. The zero-order chi connectivity index (χ0) is 23.2. The van der Waals surface area contributed by atoms with E-state index >= 15 is 0 Å². The molecule has 168 valence electrons. The van der Waals surface area contributed by atoms with Gasteiger partial charge in [0, 0.05) is 47.8 Å². The summed E-state index contributed by atoms with van der Waals surface area (Å²) >= 11 is 6.30. The lowest BCUT2D eigenvalue weighted by molar-refractivity contribution is -0.116. The van der Waals surface area contributed by atoms with E-state index in [0.717, 1.165) is 38.7 Å². The summed E-state index contributed by atoms with van der Waals surface area (Å²) in [6, 6.07) is 15.8. The van der Waals surface area contributed by atoms with E-state index in [-0.39, 0.29) is 5.91 Å². The minimum Gasteiger partial charge on any atom is -0.348 e.